The van der Waals surface area contributed by atoms with E-state index in [4.69, 9.17) is 0 Å². The summed E-state index contributed by atoms with van der Waals surface area (Å²) in [4.78, 5) is 21.0. The molecule has 0 amide bonds. The number of para-hydroxylation sites is 2. The van der Waals surface area contributed by atoms with E-state index < -0.39 is 5.97 Å². The summed E-state index contributed by atoms with van der Waals surface area (Å²) in [6, 6.07) is 7.48. The van der Waals surface area contributed by atoms with Gasteiger partial charge in [0.2, 0.25) is 0 Å². The number of rotatable bonds is 3. The minimum Gasteiger partial charge on any atom is -0.480 e. The molecular weight excluding hydrogens is 242 g/mol. The van der Waals surface area contributed by atoms with E-state index in [9.17, 15) is 9.90 Å². The predicted molar refractivity (Wildman–Crippen MR) is 71.8 cm³/mol. The number of H-pyrrole nitrogens is 1. The number of hydrogen-bond donors (Lipinski definition) is 2. The Kier molecular flexibility index (Phi) is 3.21. The van der Waals surface area contributed by atoms with Crippen molar-refractivity contribution >= 4 is 17.0 Å². The summed E-state index contributed by atoms with van der Waals surface area (Å²) in [6.45, 7) is 1.40. The van der Waals surface area contributed by atoms with Gasteiger partial charge in [0.1, 0.15) is 11.9 Å². The summed E-state index contributed by atoms with van der Waals surface area (Å²) >= 11 is 0. The first kappa shape index (κ1) is 12.2. The van der Waals surface area contributed by atoms with Gasteiger partial charge in [0.25, 0.3) is 0 Å². The average Bonchev–Trinajstić information content (AvgIpc) is 2.81. The van der Waals surface area contributed by atoms with Crippen LogP contribution in [0.2, 0.25) is 0 Å². The number of nitrogens with zero attached hydrogens (tertiary/aromatic N) is 2. The van der Waals surface area contributed by atoms with Gasteiger partial charge in [0.05, 0.1) is 17.6 Å². The first-order chi connectivity index (χ1) is 9.24. The molecule has 0 bridgehead atoms. The summed E-state index contributed by atoms with van der Waals surface area (Å²) < 4.78 is 0. The van der Waals surface area contributed by atoms with Gasteiger partial charge in [-0.25, -0.2) is 4.98 Å². The van der Waals surface area contributed by atoms with Crippen molar-refractivity contribution < 1.29 is 9.90 Å². The largest absolute Gasteiger partial charge is 0.480 e. The van der Waals surface area contributed by atoms with Crippen molar-refractivity contribution in [3.8, 4) is 0 Å². The number of aromatic amines is 1. The molecule has 0 aliphatic carbocycles. The Balaban J connectivity index is 1.80. The number of carboxylic acid groups (broad SMARTS) is 1. The molecule has 2 N–H and O–H groups in total. The van der Waals surface area contributed by atoms with Crippen molar-refractivity contribution in [2.24, 2.45) is 0 Å². The van der Waals surface area contributed by atoms with Crippen LogP contribution < -0.4 is 0 Å². The fraction of sp³-hybridized carbons (Fsp3) is 0.429. The van der Waals surface area contributed by atoms with Crippen LogP contribution in [0.1, 0.15) is 25.1 Å². The molecule has 2 heterocycles. The predicted octanol–water partition coefficient (Wildman–Crippen LogP) is 2.00. The number of benzene rings is 1. The summed E-state index contributed by atoms with van der Waals surface area (Å²) in [5, 5.41) is 9.25. The first-order valence-electron chi connectivity index (χ1n) is 6.64. The Labute approximate surface area is 111 Å². The second kappa shape index (κ2) is 5.01. The lowest BCUT2D eigenvalue weighted by molar-refractivity contribution is -0.144. The Bertz CT molecular complexity index is 560. The van der Waals surface area contributed by atoms with Crippen LogP contribution in [0, 0.1) is 0 Å². The third-order valence-corrected chi connectivity index (χ3v) is 3.69. The van der Waals surface area contributed by atoms with Crippen LogP contribution in [0.25, 0.3) is 11.0 Å². The van der Waals surface area contributed by atoms with Gasteiger partial charge in [0, 0.05) is 0 Å². The normalized spacial score (nSPS) is 20.7. The average molecular weight is 259 g/mol. The van der Waals surface area contributed by atoms with Gasteiger partial charge in [-0.2, -0.15) is 0 Å². The third kappa shape index (κ3) is 2.46. The molecule has 0 spiro atoms. The van der Waals surface area contributed by atoms with Gasteiger partial charge in [0.15, 0.2) is 0 Å². The number of aromatic nitrogens is 2. The highest BCUT2D eigenvalue weighted by molar-refractivity contribution is 5.75. The van der Waals surface area contributed by atoms with Crippen molar-refractivity contribution in [1.29, 1.82) is 0 Å². The van der Waals surface area contributed by atoms with E-state index in [1.807, 2.05) is 29.2 Å². The maximum atomic E-state index is 11.3. The minimum atomic E-state index is -0.726. The second-order valence-corrected chi connectivity index (χ2v) is 5.02. The van der Waals surface area contributed by atoms with Gasteiger partial charge in [-0.15, -0.1) is 0 Å². The van der Waals surface area contributed by atoms with E-state index in [1.165, 1.54) is 0 Å². The standard InChI is InChI=1S/C14H17N3O2/c18-14(19)12-7-3-4-8-17(12)9-13-15-10-5-1-2-6-11(10)16-13/h1-2,5-6,12H,3-4,7-9H2,(H,15,16)(H,18,19). The molecule has 1 aliphatic heterocycles. The van der Waals surface area contributed by atoms with Crippen LogP contribution in [0.15, 0.2) is 24.3 Å². The topological polar surface area (TPSA) is 69.2 Å². The number of piperidine rings is 1. The Morgan fingerprint density at radius 1 is 1.42 bits per heavy atom. The van der Waals surface area contributed by atoms with Gasteiger partial charge >= 0.3 is 5.97 Å². The summed E-state index contributed by atoms with van der Waals surface area (Å²) in [7, 11) is 0. The zero-order valence-corrected chi connectivity index (χ0v) is 10.7. The van der Waals surface area contributed by atoms with Crippen LogP contribution in [-0.2, 0) is 11.3 Å². The van der Waals surface area contributed by atoms with E-state index in [1.54, 1.807) is 0 Å². The molecule has 5 nitrogen and oxygen atoms in total. The number of hydrogen-bond acceptors (Lipinski definition) is 3. The molecule has 1 atom stereocenters. The molecule has 19 heavy (non-hydrogen) atoms. The molecule has 0 radical (unpaired) electrons. The number of fused-ring (bicyclic) bond motifs is 1. The smallest absolute Gasteiger partial charge is 0.320 e. The van der Waals surface area contributed by atoms with Crippen LogP contribution in [0.3, 0.4) is 0 Å². The number of aliphatic carboxylic acids is 1. The molecule has 2 aromatic rings. The van der Waals surface area contributed by atoms with Crippen molar-refractivity contribution in [3.63, 3.8) is 0 Å². The zero-order valence-electron chi connectivity index (χ0n) is 10.7. The molecule has 1 aromatic heterocycles. The number of likely N-dealkylation sites (tertiary alicyclic amines) is 1. The highest BCUT2D eigenvalue weighted by Crippen LogP contribution is 2.20. The van der Waals surface area contributed by atoms with Gasteiger partial charge in [-0.3, -0.25) is 9.69 Å². The molecule has 1 unspecified atom stereocenters. The van der Waals surface area contributed by atoms with E-state index >= 15 is 0 Å². The van der Waals surface area contributed by atoms with Gasteiger partial charge in [-0.1, -0.05) is 18.6 Å². The fourth-order valence-corrected chi connectivity index (χ4v) is 2.73. The number of imidazole rings is 1. The Morgan fingerprint density at radius 3 is 3.05 bits per heavy atom. The third-order valence-electron chi connectivity index (χ3n) is 3.69. The number of nitrogens with one attached hydrogen (secondary N) is 1. The highest BCUT2D eigenvalue weighted by Gasteiger charge is 2.28. The van der Waals surface area contributed by atoms with Crippen molar-refractivity contribution in [1.82, 2.24) is 14.9 Å². The summed E-state index contributed by atoms with van der Waals surface area (Å²) in [6.07, 6.45) is 2.78. The lowest BCUT2D eigenvalue weighted by atomic mass is 10.0. The maximum Gasteiger partial charge on any atom is 0.320 e. The quantitative estimate of drug-likeness (QED) is 0.884. The van der Waals surface area contributed by atoms with Gasteiger partial charge in [-0.05, 0) is 31.5 Å². The summed E-state index contributed by atoms with van der Waals surface area (Å²) in [5.41, 5.74) is 1.93. The lowest BCUT2D eigenvalue weighted by Gasteiger charge is -2.31. The second-order valence-electron chi connectivity index (χ2n) is 5.02. The molecule has 1 saturated heterocycles. The van der Waals surface area contributed by atoms with Crippen LogP contribution in [0.4, 0.5) is 0 Å². The zero-order chi connectivity index (χ0) is 13.2. The molecule has 1 aliphatic rings. The summed E-state index contributed by atoms with van der Waals surface area (Å²) in [5.74, 6) is 0.116. The van der Waals surface area contributed by atoms with Crippen LogP contribution in [-0.4, -0.2) is 38.5 Å². The van der Waals surface area contributed by atoms with Gasteiger partial charge < -0.3 is 10.1 Å². The molecule has 1 aromatic carbocycles. The lowest BCUT2D eigenvalue weighted by Crippen LogP contribution is -2.44. The molecule has 1 fully saturated rings. The Hall–Kier alpha value is -1.88. The number of carboxylic acids is 1. The van der Waals surface area contributed by atoms with E-state index in [-0.39, 0.29) is 6.04 Å². The number of carbonyl (C=O) groups is 1. The molecule has 5 heteroatoms. The van der Waals surface area contributed by atoms with E-state index in [0.717, 1.165) is 42.7 Å². The monoisotopic (exact) mass is 259 g/mol. The Morgan fingerprint density at radius 2 is 2.26 bits per heavy atom. The SMILES string of the molecule is O=C(O)C1CCCCN1Cc1nc2ccccc2[nH]1. The molecular formula is C14H17N3O2. The van der Waals surface area contributed by atoms with Crippen LogP contribution >= 0.6 is 0 Å². The highest BCUT2D eigenvalue weighted by atomic mass is 16.4. The molecule has 0 saturated carbocycles. The van der Waals surface area contributed by atoms with Crippen molar-refractivity contribution in [2.45, 2.75) is 31.8 Å². The minimum absolute atomic E-state index is 0.373. The molecule has 100 valence electrons. The van der Waals surface area contributed by atoms with E-state index in [2.05, 4.69) is 9.97 Å². The van der Waals surface area contributed by atoms with E-state index in [0.29, 0.717) is 6.54 Å². The van der Waals surface area contributed by atoms with Crippen molar-refractivity contribution in [2.75, 3.05) is 6.54 Å². The van der Waals surface area contributed by atoms with Crippen molar-refractivity contribution in [3.05, 3.63) is 30.1 Å². The maximum absolute atomic E-state index is 11.3. The first-order valence-corrected chi connectivity index (χ1v) is 6.64. The van der Waals surface area contributed by atoms with Crippen LogP contribution in [0.5, 0.6) is 0 Å². The molecule has 3 rings (SSSR count). The fourth-order valence-electron chi connectivity index (χ4n) is 2.73.